The van der Waals surface area contributed by atoms with E-state index in [1.54, 1.807) is 17.5 Å². The van der Waals surface area contributed by atoms with Gasteiger partial charge in [-0.05, 0) is 19.1 Å². The number of hydrogen-bond acceptors (Lipinski definition) is 4. The van der Waals surface area contributed by atoms with Gasteiger partial charge >= 0.3 is 0 Å². The average Bonchev–Trinajstić information content (AvgIpc) is 3.10. The third-order valence-electron chi connectivity index (χ3n) is 2.92. The smallest absolute Gasteiger partial charge is 0.207 e. The zero-order valence-corrected chi connectivity index (χ0v) is 11.3. The lowest BCUT2D eigenvalue weighted by Gasteiger charge is -2.14. The summed E-state index contributed by atoms with van der Waals surface area (Å²) in [5.41, 5.74) is 1.03. The zero-order chi connectivity index (χ0) is 13.1. The molecule has 1 aromatic carbocycles. The fourth-order valence-electron chi connectivity index (χ4n) is 1.93. The molecule has 0 saturated carbocycles. The first-order valence-corrected chi connectivity index (χ1v) is 6.97. The van der Waals surface area contributed by atoms with E-state index < -0.39 is 0 Å². The summed E-state index contributed by atoms with van der Waals surface area (Å²) in [5.74, 6) is 0.828. The van der Waals surface area contributed by atoms with Gasteiger partial charge in [-0.2, -0.15) is 0 Å². The lowest BCUT2D eigenvalue weighted by molar-refractivity contribution is 0.642. The van der Waals surface area contributed by atoms with E-state index in [-0.39, 0.29) is 6.04 Å². The van der Waals surface area contributed by atoms with Crippen molar-refractivity contribution in [1.29, 1.82) is 0 Å². The van der Waals surface area contributed by atoms with Gasteiger partial charge in [0.15, 0.2) is 0 Å². The van der Waals surface area contributed by atoms with Gasteiger partial charge in [0.2, 0.25) is 5.95 Å². The maximum Gasteiger partial charge on any atom is 0.207 e. The number of imidazole rings is 1. The normalized spacial score (nSPS) is 12.3. The van der Waals surface area contributed by atoms with Crippen LogP contribution in [-0.4, -0.2) is 14.5 Å². The quantitative estimate of drug-likeness (QED) is 0.786. The lowest BCUT2D eigenvalue weighted by atomic mass is 10.3. The molecule has 0 saturated heterocycles. The molecule has 3 rings (SSSR count). The second kappa shape index (κ2) is 5.24. The van der Waals surface area contributed by atoms with Gasteiger partial charge in [-0.3, -0.25) is 0 Å². The Labute approximate surface area is 115 Å². The number of thiazole rings is 1. The molecule has 4 nitrogen and oxygen atoms in total. The van der Waals surface area contributed by atoms with E-state index in [0.29, 0.717) is 0 Å². The highest BCUT2D eigenvalue weighted by Crippen LogP contribution is 2.24. The topological polar surface area (TPSA) is 42.7 Å². The number of hydrogen-bond donors (Lipinski definition) is 1. The van der Waals surface area contributed by atoms with Crippen LogP contribution in [0.1, 0.15) is 18.0 Å². The minimum Gasteiger partial charge on any atom is -0.326 e. The van der Waals surface area contributed by atoms with Crippen LogP contribution in [0.25, 0.3) is 0 Å². The molecule has 1 N–H and O–H groups in total. The minimum absolute atomic E-state index is 0.175. The molecule has 3 aromatic rings. The summed E-state index contributed by atoms with van der Waals surface area (Å²) in [6.07, 6.45) is 5.60. The number of nitrogens with one attached hydrogen (secondary N) is 1. The molecule has 2 heterocycles. The van der Waals surface area contributed by atoms with Crippen LogP contribution in [0.2, 0.25) is 0 Å². The third kappa shape index (κ3) is 2.51. The number of anilines is 2. The molecule has 2 aromatic heterocycles. The van der Waals surface area contributed by atoms with E-state index in [0.717, 1.165) is 16.6 Å². The van der Waals surface area contributed by atoms with Crippen molar-refractivity contribution < 1.29 is 0 Å². The van der Waals surface area contributed by atoms with Crippen molar-refractivity contribution in [2.45, 2.75) is 13.0 Å². The Morgan fingerprint density at radius 1 is 1.16 bits per heavy atom. The van der Waals surface area contributed by atoms with Crippen LogP contribution >= 0.6 is 11.3 Å². The van der Waals surface area contributed by atoms with Crippen LogP contribution in [0, 0.1) is 0 Å². The van der Waals surface area contributed by atoms with Gasteiger partial charge in [-0.1, -0.05) is 18.2 Å². The zero-order valence-electron chi connectivity index (χ0n) is 10.5. The van der Waals surface area contributed by atoms with Gasteiger partial charge in [-0.25, -0.2) is 9.97 Å². The predicted molar refractivity (Wildman–Crippen MR) is 77.9 cm³/mol. The highest BCUT2D eigenvalue weighted by Gasteiger charge is 2.14. The lowest BCUT2D eigenvalue weighted by Crippen LogP contribution is -2.09. The van der Waals surface area contributed by atoms with Gasteiger partial charge in [0.05, 0.1) is 6.04 Å². The van der Waals surface area contributed by atoms with Crippen molar-refractivity contribution >= 4 is 23.0 Å². The van der Waals surface area contributed by atoms with Crippen LogP contribution in [0.4, 0.5) is 11.6 Å². The Balaban J connectivity index is 1.87. The maximum absolute atomic E-state index is 4.37. The summed E-state index contributed by atoms with van der Waals surface area (Å²) in [6.45, 7) is 2.12. The number of benzene rings is 1. The van der Waals surface area contributed by atoms with Crippen LogP contribution < -0.4 is 5.32 Å². The molecule has 96 valence electrons. The number of para-hydroxylation sites is 1. The monoisotopic (exact) mass is 270 g/mol. The van der Waals surface area contributed by atoms with Crippen molar-refractivity contribution in [2.24, 2.45) is 0 Å². The molecule has 1 unspecified atom stereocenters. The van der Waals surface area contributed by atoms with Crippen molar-refractivity contribution in [3.05, 3.63) is 59.3 Å². The summed E-state index contributed by atoms with van der Waals surface area (Å²) in [7, 11) is 0. The van der Waals surface area contributed by atoms with Crippen molar-refractivity contribution in [3.8, 4) is 0 Å². The van der Waals surface area contributed by atoms with E-state index >= 15 is 0 Å². The summed E-state index contributed by atoms with van der Waals surface area (Å²) >= 11 is 1.66. The maximum atomic E-state index is 4.37. The second-order valence-electron chi connectivity index (χ2n) is 4.20. The van der Waals surface area contributed by atoms with E-state index in [9.17, 15) is 0 Å². The molecule has 0 amide bonds. The first-order valence-electron chi connectivity index (χ1n) is 6.09. The average molecular weight is 270 g/mol. The van der Waals surface area contributed by atoms with Gasteiger partial charge in [0.25, 0.3) is 0 Å². The fraction of sp³-hybridized carbons (Fsp3) is 0.143. The number of aromatic nitrogens is 3. The molecule has 0 aliphatic rings. The Bertz CT molecular complexity index is 631. The molecule has 1 atom stereocenters. The van der Waals surface area contributed by atoms with Crippen LogP contribution in [0.5, 0.6) is 0 Å². The Morgan fingerprint density at radius 2 is 2.00 bits per heavy atom. The second-order valence-corrected chi connectivity index (χ2v) is 5.12. The highest BCUT2D eigenvalue weighted by molar-refractivity contribution is 7.09. The summed E-state index contributed by atoms with van der Waals surface area (Å²) in [4.78, 5) is 8.73. The highest BCUT2D eigenvalue weighted by atomic mass is 32.1. The third-order valence-corrected chi connectivity index (χ3v) is 3.87. The molecular weight excluding hydrogens is 256 g/mol. The summed E-state index contributed by atoms with van der Waals surface area (Å²) in [6, 6.07) is 10.2. The standard InChI is InChI=1S/C14H14N4S/c1-11(13-15-8-10-19-13)18-9-7-16-14(18)17-12-5-3-2-4-6-12/h2-11H,1H3,(H,16,17). The molecule has 5 heteroatoms. The Morgan fingerprint density at radius 3 is 2.74 bits per heavy atom. The molecule has 0 spiro atoms. The van der Waals surface area contributed by atoms with E-state index in [1.807, 2.05) is 48.1 Å². The first kappa shape index (κ1) is 11.9. The van der Waals surface area contributed by atoms with Crippen molar-refractivity contribution in [3.63, 3.8) is 0 Å². The fourth-order valence-corrected chi connectivity index (χ4v) is 2.63. The van der Waals surface area contributed by atoms with Gasteiger partial charge < -0.3 is 9.88 Å². The van der Waals surface area contributed by atoms with Crippen LogP contribution in [-0.2, 0) is 0 Å². The Hall–Kier alpha value is -2.14. The van der Waals surface area contributed by atoms with E-state index in [1.165, 1.54) is 0 Å². The van der Waals surface area contributed by atoms with Crippen molar-refractivity contribution in [2.75, 3.05) is 5.32 Å². The molecule has 0 aliphatic heterocycles. The van der Waals surface area contributed by atoms with E-state index in [2.05, 4.69) is 26.8 Å². The van der Waals surface area contributed by atoms with Crippen molar-refractivity contribution in [1.82, 2.24) is 14.5 Å². The van der Waals surface area contributed by atoms with Gasteiger partial charge in [0.1, 0.15) is 5.01 Å². The number of nitrogens with zero attached hydrogens (tertiary/aromatic N) is 3. The minimum atomic E-state index is 0.175. The molecular formula is C14H14N4S. The largest absolute Gasteiger partial charge is 0.326 e. The molecule has 19 heavy (non-hydrogen) atoms. The molecule has 0 aliphatic carbocycles. The van der Waals surface area contributed by atoms with E-state index in [4.69, 9.17) is 0 Å². The molecule has 0 bridgehead atoms. The SMILES string of the molecule is CC(c1nccs1)n1ccnc1Nc1ccccc1. The van der Waals surface area contributed by atoms with Crippen LogP contribution in [0.3, 0.4) is 0 Å². The number of rotatable bonds is 4. The predicted octanol–water partition coefficient (Wildman–Crippen LogP) is 3.69. The van der Waals surface area contributed by atoms with Gasteiger partial charge in [0, 0.05) is 29.7 Å². The first-order chi connectivity index (χ1) is 9.34. The van der Waals surface area contributed by atoms with Gasteiger partial charge in [-0.15, -0.1) is 11.3 Å². The summed E-state index contributed by atoms with van der Waals surface area (Å²) in [5, 5.41) is 6.40. The Kier molecular flexibility index (Phi) is 3.29. The van der Waals surface area contributed by atoms with Crippen LogP contribution in [0.15, 0.2) is 54.3 Å². The molecule has 0 radical (unpaired) electrons. The summed E-state index contributed by atoms with van der Waals surface area (Å²) < 4.78 is 2.09. The molecule has 0 fully saturated rings.